The van der Waals surface area contributed by atoms with Gasteiger partial charge in [-0.3, -0.25) is 13.9 Å². The summed E-state index contributed by atoms with van der Waals surface area (Å²) < 4.78 is 44.0. The number of amides is 2. The summed E-state index contributed by atoms with van der Waals surface area (Å²) in [5, 5.41) is 3.15. The molecule has 7 nitrogen and oxygen atoms in total. The van der Waals surface area contributed by atoms with Gasteiger partial charge in [-0.05, 0) is 48.4 Å². The van der Waals surface area contributed by atoms with Gasteiger partial charge in [0.05, 0.1) is 15.6 Å². The highest BCUT2D eigenvalue weighted by Gasteiger charge is 2.35. The predicted molar refractivity (Wildman–Crippen MR) is 176 cm³/mol. The monoisotopic (exact) mass is 669 g/mol. The lowest BCUT2D eigenvalue weighted by atomic mass is 10.0. The van der Waals surface area contributed by atoms with Crippen molar-refractivity contribution in [3.05, 3.63) is 130 Å². The average molecular weight is 671 g/mol. The molecule has 45 heavy (non-hydrogen) atoms. The van der Waals surface area contributed by atoms with Gasteiger partial charge in [0.15, 0.2) is 0 Å². The van der Waals surface area contributed by atoms with E-state index in [0.29, 0.717) is 6.54 Å². The van der Waals surface area contributed by atoms with Crippen molar-refractivity contribution in [3.8, 4) is 0 Å². The maximum Gasteiger partial charge on any atom is 0.264 e. The van der Waals surface area contributed by atoms with E-state index in [1.807, 2.05) is 37.3 Å². The minimum absolute atomic E-state index is 0.0146. The van der Waals surface area contributed by atoms with E-state index < -0.39 is 40.2 Å². The molecule has 11 heteroatoms. The number of halogens is 3. The third kappa shape index (κ3) is 8.84. The van der Waals surface area contributed by atoms with Gasteiger partial charge >= 0.3 is 0 Å². The van der Waals surface area contributed by atoms with Crippen molar-refractivity contribution < 1.29 is 22.4 Å². The number of sulfonamides is 1. The average Bonchev–Trinajstić information content (AvgIpc) is 3.04. The second-order valence-corrected chi connectivity index (χ2v) is 13.1. The molecule has 0 aliphatic heterocycles. The lowest BCUT2D eigenvalue weighted by Gasteiger charge is -2.34. The second-order valence-electron chi connectivity index (χ2n) is 10.4. The molecule has 1 N–H and O–H groups in total. The molecule has 0 bridgehead atoms. The van der Waals surface area contributed by atoms with Gasteiger partial charge in [0, 0.05) is 30.1 Å². The Hall–Kier alpha value is -3.92. The quantitative estimate of drug-likeness (QED) is 0.148. The van der Waals surface area contributed by atoms with Crippen LogP contribution >= 0.6 is 23.2 Å². The number of anilines is 1. The molecule has 4 rings (SSSR count). The summed E-state index contributed by atoms with van der Waals surface area (Å²) in [4.78, 5) is 29.3. The van der Waals surface area contributed by atoms with Gasteiger partial charge in [0.1, 0.15) is 18.4 Å². The van der Waals surface area contributed by atoms with Crippen molar-refractivity contribution in [1.29, 1.82) is 0 Å². The molecule has 0 aliphatic rings. The lowest BCUT2D eigenvalue weighted by molar-refractivity contribution is -0.140. The fourth-order valence-corrected chi connectivity index (χ4v) is 6.66. The van der Waals surface area contributed by atoms with Gasteiger partial charge in [-0.2, -0.15) is 0 Å². The first-order valence-corrected chi connectivity index (χ1v) is 16.7. The minimum atomic E-state index is -4.36. The summed E-state index contributed by atoms with van der Waals surface area (Å²) in [7, 11) is -4.36. The van der Waals surface area contributed by atoms with Gasteiger partial charge in [0.2, 0.25) is 11.8 Å². The van der Waals surface area contributed by atoms with Gasteiger partial charge in [-0.15, -0.1) is 0 Å². The number of rotatable bonds is 14. The van der Waals surface area contributed by atoms with Crippen LogP contribution in [0.25, 0.3) is 0 Å². The fraction of sp³-hybridized carbons (Fsp3) is 0.235. The Labute approximate surface area is 273 Å². The predicted octanol–water partition coefficient (Wildman–Crippen LogP) is 6.88. The number of carbonyl (C=O) groups is 2. The summed E-state index contributed by atoms with van der Waals surface area (Å²) in [5.41, 5.74) is 0.925. The maximum absolute atomic E-state index is 15.0. The minimum Gasteiger partial charge on any atom is -0.354 e. The molecule has 0 unspecified atom stereocenters. The zero-order valence-electron chi connectivity index (χ0n) is 24.7. The van der Waals surface area contributed by atoms with Crippen LogP contribution in [0.1, 0.15) is 30.9 Å². The van der Waals surface area contributed by atoms with Gasteiger partial charge in [0.25, 0.3) is 10.0 Å². The number of nitrogens with zero attached hydrogens (tertiary/aromatic N) is 2. The highest BCUT2D eigenvalue weighted by atomic mass is 35.5. The molecule has 1 atom stereocenters. The highest BCUT2D eigenvalue weighted by molar-refractivity contribution is 7.92. The lowest BCUT2D eigenvalue weighted by Crippen LogP contribution is -2.53. The van der Waals surface area contributed by atoms with Crippen LogP contribution in [0.5, 0.6) is 0 Å². The number of hydrogen-bond acceptors (Lipinski definition) is 4. The van der Waals surface area contributed by atoms with Crippen LogP contribution < -0.4 is 9.62 Å². The first-order valence-electron chi connectivity index (χ1n) is 14.5. The Bertz CT molecular complexity index is 1710. The third-order valence-corrected chi connectivity index (χ3v) is 9.51. The molecule has 0 aromatic heterocycles. The molecule has 0 saturated heterocycles. The summed E-state index contributed by atoms with van der Waals surface area (Å²) in [6.45, 7) is 1.35. The SMILES string of the molecule is CCCCNC(=O)[C@@H](Cc1ccccc1)N(Cc1ccccc1F)C(=O)CN(c1cc(Cl)ccc1Cl)S(=O)(=O)c1ccccc1. The molecule has 0 fully saturated rings. The van der Waals surface area contributed by atoms with E-state index >= 15 is 4.39 Å². The summed E-state index contributed by atoms with van der Waals surface area (Å²) in [5.74, 6) is -1.73. The van der Waals surface area contributed by atoms with Crippen molar-refractivity contribution in [3.63, 3.8) is 0 Å². The third-order valence-electron chi connectivity index (χ3n) is 7.19. The standard InChI is InChI=1S/C34H34Cl2FN3O4S/c1-2-3-20-38-34(42)32(21-25-12-6-4-7-13-25)39(23-26-14-10-11-17-30(26)37)33(41)24-40(31-22-27(35)18-19-29(31)36)45(43,44)28-15-8-5-9-16-28/h4-19,22,32H,2-3,20-21,23-24H2,1H3,(H,38,42)/t32-/m1/s1. The summed E-state index contributed by atoms with van der Waals surface area (Å²) in [6.07, 6.45) is 1.68. The smallest absolute Gasteiger partial charge is 0.264 e. The molecule has 236 valence electrons. The van der Waals surface area contributed by atoms with E-state index in [-0.39, 0.29) is 39.2 Å². The van der Waals surface area contributed by atoms with Crippen molar-refractivity contribution in [2.45, 2.75) is 43.7 Å². The first-order chi connectivity index (χ1) is 21.6. The second kappa shape index (κ2) is 15.9. The van der Waals surface area contributed by atoms with Gasteiger partial charge < -0.3 is 10.2 Å². The van der Waals surface area contributed by atoms with Crippen LogP contribution in [0.2, 0.25) is 10.0 Å². The molecular weight excluding hydrogens is 636 g/mol. The van der Waals surface area contributed by atoms with Crippen LogP contribution in [0.15, 0.2) is 108 Å². The van der Waals surface area contributed by atoms with Crippen molar-refractivity contribution >= 4 is 50.7 Å². The molecule has 0 heterocycles. The van der Waals surface area contributed by atoms with E-state index in [1.165, 1.54) is 53.4 Å². The van der Waals surface area contributed by atoms with Crippen LogP contribution in [0, 0.1) is 5.82 Å². The van der Waals surface area contributed by atoms with E-state index in [2.05, 4.69) is 5.32 Å². The first kappa shape index (κ1) is 34.0. The van der Waals surface area contributed by atoms with E-state index in [4.69, 9.17) is 23.2 Å². The molecule has 0 aliphatic carbocycles. The van der Waals surface area contributed by atoms with Crippen molar-refractivity contribution in [2.24, 2.45) is 0 Å². The molecule has 0 saturated carbocycles. The molecule has 2 amide bonds. The number of nitrogens with one attached hydrogen (secondary N) is 1. The molecule has 4 aromatic rings. The van der Waals surface area contributed by atoms with Crippen LogP contribution in [-0.4, -0.2) is 44.3 Å². The summed E-state index contributed by atoms with van der Waals surface area (Å²) in [6, 6.07) is 25.9. The highest BCUT2D eigenvalue weighted by Crippen LogP contribution is 2.33. The van der Waals surface area contributed by atoms with Gasteiger partial charge in [-0.1, -0.05) is 103 Å². The topological polar surface area (TPSA) is 86.8 Å². The molecule has 0 spiro atoms. The number of hydrogen-bond donors (Lipinski definition) is 1. The van der Waals surface area contributed by atoms with Crippen LogP contribution in [0.4, 0.5) is 10.1 Å². The van der Waals surface area contributed by atoms with Crippen LogP contribution in [0.3, 0.4) is 0 Å². The molecule has 0 radical (unpaired) electrons. The number of carbonyl (C=O) groups excluding carboxylic acids is 2. The number of benzene rings is 4. The summed E-state index contributed by atoms with van der Waals surface area (Å²) >= 11 is 12.7. The van der Waals surface area contributed by atoms with Gasteiger partial charge in [-0.25, -0.2) is 12.8 Å². The molecular formula is C34H34Cl2FN3O4S. The maximum atomic E-state index is 15.0. The van der Waals surface area contributed by atoms with E-state index in [1.54, 1.807) is 24.3 Å². The van der Waals surface area contributed by atoms with E-state index in [0.717, 1.165) is 22.7 Å². The zero-order chi connectivity index (χ0) is 32.4. The Morgan fingerprint density at radius 3 is 2.20 bits per heavy atom. The normalized spacial score (nSPS) is 11.9. The van der Waals surface area contributed by atoms with Crippen LogP contribution in [-0.2, 0) is 32.6 Å². The Morgan fingerprint density at radius 2 is 1.53 bits per heavy atom. The zero-order valence-corrected chi connectivity index (χ0v) is 27.0. The fourth-order valence-electron chi connectivity index (χ4n) is 4.78. The largest absolute Gasteiger partial charge is 0.354 e. The molecule has 4 aromatic carbocycles. The van der Waals surface area contributed by atoms with Crippen molar-refractivity contribution in [2.75, 3.05) is 17.4 Å². The Balaban J connectivity index is 1.82. The Kier molecular flexibility index (Phi) is 12.0. The Morgan fingerprint density at radius 1 is 0.889 bits per heavy atom. The van der Waals surface area contributed by atoms with Crippen molar-refractivity contribution in [1.82, 2.24) is 10.2 Å². The number of unbranched alkanes of at least 4 members (excludes halogenated alkanes) is 1. The van der Waals surface area contributed by atoms with E-state index in [9.17, 15) is 18.0 Å².